The van der Waals surface area contributed by atoms with Crippen LogP contribution in [0.1, 0.15) is 18.4 Å². The highest BCUT2D eigenvalue weighted by molar-refractivity contribution is 6.35. The number of esters is 1. The van der Waals surface area contributed by atoms with E-state index in [-0.39, 0.29) is 12.8 Å². The Morgan fingerprint density at radius 3 is 2.36 bits per heavy atom. The van der Waals surface area contributed by atoms with Gasteiger partial charge in [-0.25, -0.2) is 0 Å². The Hall–Kier alpha value is -2.28. The molecule has 6 nitrogen and oxygen atoms in total. The van der Waals surface area contributed by atoms with Crippen LogP contribution in [0.4, 0.5) is 11.4 Å². The molecule has 0 aliphatic carbocycles. The lowest BCUT2D eigenvalue weighted by atomic mass is 10.2. The van der Waals surface area contributed by atoms with Crippen molar-refractivity contribution in [1.29, 1.82) is 0 Å². The number of rotatable bonds is 7. The molecule has 0 aliphatic rings. The number of benzene rings is 2. The van der Waals surface area contributed by atoms with E-state index in [1.54, 1.807) is 37.3 Å². The molecule has 2 aromatic carbocycles. The predicted molar refractivity (Wildman–Crippen MR) is 110 cm³/mol. The number of halogens is 3. The molecule has 0 bridgehead atoms. The summed E-state index contributed by atoms with van der Waals surface area (Å²) in [6.45, 7) is 1.29. The fourth-order valence-electron chi connectivity index (χ4n) is 2.17. The zero-order valence-electron chi connectivity index (χ0n) is 14.9. The van der Waals surface area contributed by atoms with Crippen molar-refractivity contribution < 1.29 is 19.1 Å². The summed E-state index contributed by atoms with van der Waals surface area (Å²) in [7, 11) is 0. The van der Waals surface area contributed by atoms with Gasteiger partial charge in [0.05, 0.1) is 17.1 Å². The summed E-state index contributed by atoms with van der Waals surface area (Å²) in [6, 6.07) is 9.73. The van der Waals surface area contributed by atoms with Gasteiger partial charge >= 0.3 is 5.97 Å². The van der Waals surface area contributed by atoms with Crippen molar-refractivity contribution in [3.63, 3.8) is 0 Å². The first-order valence-corrected chi connectivity index (χ1v) is 9.35. The van der Waals surface area contributed by atoms with Gasteiger partial charge < -0.3 is 15.4 Å². The van der Waals surface area contributed by atoms with Gasteiger partial charge in [0.25, 0.3) is 5.91 Å². The van der Waals surface area contributed by atoms with Gasteiger partial charge in [0, 0.05) is 22.2 Å². The first-order chi connectivity index (χ1) is 13.3. The summed E-state index contributed by atoms with van der Waals surface area (Å²) in [5.74, 6) is -1.61. The second kappa shape index (κ2) is 10.3. The van der Waals surface area contributed by atoms with E-state index in [4.69, 9.17) is 39.5 Å². The van der Waals surface area contributed by atoms with Crippen molar-refractivity contribution in [2.24, 2.45) is 0 Å². The molecule has 0 radical (unpaired) electrons. The van der Waals surface area contributed by atoms with Gasteiger partial charge in [-0.1, -0.05) is 40.9 Å². The highest BCUT2D eigenvalue weighted by Crippen LogP contribution is 2.25. The second-order valence-corrected chi connectivity index (χ2v) is 7.04. The fourth-order valence-corrected chi connectivity index (χ4v) is 2.68. The molecule has 0 saturated carbocycles. The van der Waals surface area contributed by atoms with Crippen molar-refractivity contribution in [3.8, 4) is 0 Å². The number of hydrogen-bond acceptors (Lipinski definition) is 4. The van der Waals surface area contributed by atoms with Crippen LogP contribution in [0.5, 0.6) is 0 Å². The Morgan fingerprint density at radius 2 is 1.61 bits per heavy atom. The largest absolute Gasteiger partial charge is 0.456 e. The zero-order valence-corrected chi connectivity index (χ0v) is 17.1. The van der Waals surface area contributed by atoms with Gasteiger partial charge in [-0.3, -0.25) is 14.4 Å². The van der Waals surface area contributed by atoms with E-state index < -0.39 is 24.4 Å². The number of hydrogen-bond donors (Lipinski definition) is 2. The van der Waals surface area contributed by atoms with Crippen LogP contribution in [0.2, 0.25) is 15.1 Å². The fraction of sp³-hybridized carbons (Fsp3) is 0.211. The molecule has 9 heteroatoms. The highest BCUT2D eigenvalue weighted by atomic mass is 35.5. The monoisotopic (exact) mass is 442 g/mol. The molecule has 0 fully saturated rings. The maximum atomic E-state index is 11.9. The van der Waals surface area contributed by atoms with E-state index in [2.05, 4.69) is 10.6 Å². The number of amides is 2. The zero-order chi connectivity index (χ0) is 20.7. The molecular weight excluding hydrogens is 427 g/mol. The van der Waals surface area contributed by atoms with Gasteiger partial charge in [0.1, 0.15) is 0 Å². The molecule has 2 N–H and O–H groups in total. The highest BCUT2D eigenvalue weighted by Gasteiger charge is 2.13. The van der Waals surface area contributed by atoms with E-state index in [1.165, 1.54) is 6.07 Å². The molecule has 0 atom stereocenters. The van der Waals surface area contributed by atoms with E-state index in [1.807, 2.05) is 0 Å². The predicted octanol–water partition coefficient (Wildman–Crippen LogP) is 4.86. The summed E-state index contributed by atoms with van der Waals surface area (Å²) >= 11 is 17.8. The van der Waals surface area contributed by atoms with Gasteiger partial charge in [-0.05, 0) is 42.8 Å². The quantitative estimate of drug-likeness (QED) is 0.599. The first kappa shape index (κ1) is 22.0. The molecule has 2 aromatic rings. The maximum Gasteiger partial charge on any atom is 0.306 e. The van der Waals surface area contributed by atoms with Gasteiger partial charge in [-0.15, -0.1) is 0 Å². The first-order valence-electron chi connectivity index (χ1n) is 8.21. The molecule has 2 rings (SSSR count). The molecule has 0 spiro atoms. The standard InChI is InChI=1S/C19H17Cl3N2O4/c1-11-13(21)3-2-4-15(11)23-18(26)10-28-19(27)8-7-17(25)24-16-9-12(20)5-6-14(16)22/h2-6,9H,7-8,10H2,1H3,(H,23,26)(H,24,25). The van der Waals surface area contributed by atoms with Crippen LogP contribution in [0.25, 0.3) is 0 Å². The molecule has 0 aliphatic heterocycles. The minimum atomic E-state index is -0.676. The average Bonchev–Trinajstić information content (AvgIpc) is 2.65. The molecule has 0 saturated heterocycles. The summed E-state index contributed by atoms with van der Waals surface area (Å²) < 4.78 is 4.88. The Labute approximate surface area is 177 Å². The topological polar surface area (TPSA) is 84.5 Å². The number of carbonyl (C=O) groups excluding carboxylic acids is 3. The number of anilines is 2. The van der Waals surface area contributed by atoms with Gasteiger partial charge in [-0.2, -0.15) is 0 Å². The molecule has 0 unspecified atom stereocenters. The normalized spacial score (nSPS) is 10.3. The molecule has 0 aromatic heterocycles. The number of nitrogens with one attached hydrogen (secondary N) is 2. The molecule has 2 amide bonds. The average molecular weight is 444 g/mol. The van der Waals surface area contributed by atoms with E-state index in [0.717, 1.165) is 0 Å². The van der Waals surface area contributed by atoms with Crippen LogP contribution in [-0.2, 0) is 19.1 Å². The molecule has 28 heavy (non-hydrogen) atoms. The third kappa shape index (κ3) is 6.71. The lowest BCUT2D eigenvalue weighted by Crippen LogP contribution is -2.22. The second-order valence-electron chi connectivity index (χ2n) is 5.79. The minimum Gasteiger partial charge on any atom is -0.456 e. The van der Waals surface area contributed by atoms with Crippen molar-refractivity contribution in [2.45, 2.75) is 19.8 Å². The third-order valence-electron chi connectivity index (χ3n) is 3.66. The van der Waals surface area contributed by atoms with Gasteiger partial charge in [0.15, 0.2) is 6.61 Å². The van der Waals surface area contributed by atoms with Crippen LogP contribution in [0.15, 0.2) is 36.4 Å². The van der Waals surface area contributed by atoms with Crippen LogP contribution in [0.3, 0.4) is 0 Å². The molecular formula is C19H17Cl3N2O4. The Morgan fingerprint density at radius 1 is 0.893 bits per heavy atom. The third-order valence-corrected chi connectivity index (χ3v) is 4.64. The summed E-state index contributed by atoms with van der Waals surface area (Å²) in [6.07, 6.45) is -0.315. The Bertz CT molecular complexity index is 881. The van der Waals surface area contributed by atoms with Crippen LogP contribution in [-0.4, -0.2) is 24.4 Å². The van der Waals surface area contributed by atoms with Crippen LogP contribution < -0.4 is 10.6 Å². The number of carbonyl (C=O) groups is 3. The van der Waals surface area contributed by atoms with Crippen molar-refractivity contribution >= 4 is 64.0 Å². The maximum absolute atomic E-state index is 11.9. The van der Waals surface area contributed by atoms with Crippen molar-refractivity contribution in [1.82, 2.24) is 0 Å². The minimum absolute atomic E-state index is 0.128. The van der Waals surface area contributed by atoms with Gasteiger partial charge in [0.2, 0.25) is 5.91 Å². The lowest BCUT2D eigenvalue weighted by molar-refractivity contribution is -0.147. The Kier molecular flexibility index (Phi) is 8.11. The van der Waals surface area contributed by atoms with Crippen LogP contribution >= 0.6 is 34.8 Å². The smallest absolute Gasteiger partial charge is 0.306 e. The SMILES string of the molecule is Cc1c(Cl)cccc1NC(=O)COC(=O)CCC(=O)Nc1cc(Cl)ccc1Cl. The van der Waals surface area contributed by atoms with E-state index in [9.17, 15) is 14.4 Å². The van der Waals surface area contributed by atoms with E-state index in [0.29, 0.717) is 32.0 Å². The van der Waals surface area contributed by atoms with Crippen molar-refractivity contribution in [3.05, 3.63) is 57.0 Å². The summed E-state index contributed by atoms with van der Waals surface area (Å²) in [4.78, 5) is 35.6. The molecule has 148 valence electrons. The van der Waals surface area contributed by atoms with E-state index >= 15 is 0 Å². The number of ether oxygens (including phenoxy) is 1. The van der Waals surface area contributed by atoms with Crippen molar-refractivity contribution in [2.75, 3.05) is 17.2 Å². The molecule has 0 heterocycles. The lowest BCUT2D eigenvalue weighted by Gasteiger charge is -2.10. The summed E-state index contributed by atoms with van der Waals surface area (Å²) in [5, 5.41) is 6.43. The van der Waals surface area contributed by atoms with Crippen LogP contribution in [0, 0.1) is 6.92 Å². The Balaban J connectivity index is 1.74. The summed E-state index contributed by atoms with van der Waals surface area (Å²) in [5.41, 5.74) is 1.59.